The van der Waals surface area contributed by atoms with Crippen LogP contribution >= 0.6 is 11.8 Å². The van der Waals surface area contributed by atoms with Gasteiger partial charge in [0.15, 0.2) is 0 Å². The van der Waals surface area contributed by atoms with Crippen molar-refractivity contribution in [2.75, 3.05) is 18.2 Å². The Kier molecular flexibility index (Phi) is 6.39. The monoisotopic (exact) mass is 308 g/mol. The Labute approximate surface area is 130 Å². The zero-order valence-electron chi connectivity index (χ0n) is 12.5. The van der Waals surface area contributed by atoms with Gasteiger partial charge in [-0.1, -0.05) is 19.3 Å². The van der Waals surface area contributed by atoms with Crippen LogP contribution in [0.3, 0.4) is 0 Å². The Balaban J connectivity index is 1.89. The lowest BCUT2D eigenvalue weighted by molar-refractivity contribution is 0.182. The van der Waals surface area contributed by atoms with E-state index < -0.39 is 0 Å². The molecule has 2 rings (SSSR count). The summed E-state index contributed by atoms with van der Waals surface area (Å²) in [5.41, 5.74) is 0.791. The number of hydrogen-bond donors (Lipinski definition) is 3. The number of rotatable bonds is 4. The highest BCUT2D eigenvalue weighted by molar-refractivity contribution is 7.98. The molecule has 2 amide bonds. The minimum absolute atomic E-state index is 0.0722. The van der Waals surface area contributed by atoms with Crippen molar-refractivity contribution in [2.45, 2.75) is 43.0 Å². The van der Waals surface area contributed by atoms with E-state index in [9.17, 15) is 9.90 Å². The molecular weight excluding hydrogens is 284 g/mol. The molecule has 0 heterocycles. The Morgan fingerprint density at radius 3 is 2.62 bits per heavy atom. The van der Waals surface area contributed by atoms with Crippen LogP contribution in [0.5, 0.6) is 0 Å². The molecule has 0 aliphatic heterocycles. The number of carbonyl (C=O) groups excluding carboxylic acids is 1. The van der Waals surface area contributed by atoms with Gasteiger partial charge in [0.2, 0.25) is 0 Å². The van der Waals surface area contributed by atoms with E-state index in [1.807, 2.05) is 30.5 Å². The molecule has 1 aromatic rings. The van der Waals surface area contributed by atoms with Gasteiger partial charge in [-0.15, -0.1) is 11.8 Å². The highest BCUT2D eigenvalue weighted by Gasteiger charge is 2.24. The lowest BCUT2D eigenvalue weighted by Crippen LogP contribution is -2.43. The molecule has 2 atom stereocenters. The second-order valence-electron chi connectivity index (χ2n) is 5.51. The molecule has 0 spiro atoms. The van der Waals surface area contributed by atoms with Gasteiger partial charge in [-0.3, -0.25) is 0 Å². The van der Waals surface area contributed by atoms with Crippen molar-refractivity contribution >= 4 is 23.5 Å². The van der Waals surface area contributed by atoms with E-state index >= 15 is 0 Å². The Morgan fingerprint density at radius 2 is 1.95 bits per heavy atom. The van der Waals surface area contributed by atoms with Gasteiger partial charge in [0, 0.05) is 29.1 Å². The number of hydrogen-bond acceptors (Lipinski definition) is 3. The molecule has 4 nitrogen and oxygen atoms in total. The minimum Gasteiger partial charge on any atom is -0.396 e. The van der Waals surface area contributed by atoms with Gasteiger partial charge in [-0.25, -0.2) is 4.79 Å². The van der Waals surface area contributed by atoms with E-state index in [-0.39, 0.29) is 24.6 Å². The van der Waals surface area contributed by atoms with Crippen LogP contribution < -0.4 is 10.6 Å². The number of amides is 2. The van der Waals surface area contributed by atoms with Gasteiger partial charge in [0.25, 0.3) is 0 Å². The number of thioether (sulfide) groups is 1. The van der Waals surface area contributed by atoms with Gasteiger partial charge >= 0.3 is 6.03 Å². The number of carbonyl (C=O) groups is 1. The molecule has 5 heteroatoms. The minimum atomic E-state index is -0.183. The largest absolute Gasteiger partial charge is 0.396 e. The van der Waals surface area contributed by atoms with Crippen LogP contribution in [-0.2, 0) is 0 Å². The summed E-state index contributed by atoms with van der Waals surface area (Å²) in [5, 5.41) is 15.4. The molecule has 0 saturated heterocycles. The first-order valence-electron chi connectivity index (χ1n) is 7.55. The summed E-state index contributed by atoms with van der Waals surface area (Å²) in [4.78, 5) is 13.3. The Bertz CT molecular complexity index is 450. The first kappa shape index (κ1) is 16.2. The predicted molar refractivity (Wildman–Crippen MR) is 87.8 cm³/mol. The second-order valence-corrected chi connectivity index (χ2v) is 6.39. The van der Waals surface area contributed by atoms with Gasteiger partial charge in [-0.05, 0) is 43.4 Å². The maximum absolute atomic E-state index is 12.1. The number of aliphatic hydroxyl groups excluding tert-OH is 1. The Morgan fingerprint density at radius 1 is 1.24 bits per heavy atom. The quantitative estimate of drug-likeness (QED) is 0.589. The molecule has 1 aromatic carbocycles. The third-order valence-corrected chi connectivity index (χ3v) is 4.80. The third kappa shape index (κ3) is 4.93. The lowest BCUT2D eigenvalue weighted by atomic mass is 9.96. The van der Waals surface area contributed by atoms with E-state index in [0.29, 0.717) is 0 Å². The fourth-order valence-corrected chi connectivity index (χ4v) is 3.21. The van der Waals surface area contributed by atoms with Crippen molar-refractivity contribution in [3.05, 3.63) is 24.3 Å². The summed E-state index contributed by atoms with van der Waals surface area (Å²) >= 11 is 1.67. The first-order chi connectivity index (χ1) is 10.2. The van der Waals surface area contributed by atoms with Crippen LogP contribution in [0.15, 0.2) is 29.2 Å². The first-order valence-corrected chi connectivity index (χ1v) is 8.78. The van der Waals surface area contributed by atoms with Crippen LogP contribution in [-0.4, -0.2) is 30.0 Å². The van der Waals surface area contributed by atoms with E-state index in [1.54, 1.807) is 11.8 Å². The molecule has 2 unspecified atom stereocenters. The van der Waals surface area contributed by atoms with E-state index in [1.165, 1.54) is 11.3 Å². The summed E-state index contributed by atoms with van der Waals surface area (Å²) in [6.45, 7) is 0.146. The number of anilines is 1. The normalized spacial score (nSPS) is 22.4. The smallest absolute Gasteiger partial charge is 0.319 e. The molecule has 1 aliphatic carbocycles. The highest BCUT2D eigenvalue weighted by atomic mass is 32.2. The van der Waals surface area contributed by atoms with Crippen molar-refractivity contribution in [3.63, 3.8) is 0 Å². The number of benzene rings is 1. The number of nitrogens with one attached hydrogen (secondary N) is 2. The van der Waals surface area contributed by atoms with Crippen LogP contribution in [0.25, 0.3) is 0 Å². The third-order valence-electron chi connectivity index (χ3n) is 4.06. The van der Waals surface area contributed by atoms with Crippen LogP contribution in [0.4, 0.5) is 10.5 Å². The van der Waals surface area contributed by atoms with Gasteiger partial charge in [0.1, 0.15) is 0 Å². The van der Waals surface area contributed by atoms with E-state index in [2.05, 4.69) is 10.6 Å². The molecule has 3 N–H and O–H groups in total. The molecule has 21 heavy (non-hydrogen) atoms. The maximum atomic E-state index is 12.1. The van der Waals surface area contributed by atoms with Gasteiger partial charge < -0.3 is 15.7 Å². The Hall–Kier alpha value is -1.20. The van der Waals surface area contributed by atoms with Crippen molar-refractivity contribution < 1.29 is 9.90 Å². The molecule has 1 aliphatic rings. The second kappa shape index (κ2) is 8.29. The summed E-state index contributed by atoms with van der Waals surface area (Å²) in [6, 6.07) is 7.68. The summed E-state index contributed by atoms with van der Waals surface area (Å²) < 4.78 is 0. The zero-order chi connectivity index (χ0) is 15.1. The fourth-order valence-electron chi connectivity index (χ4n) is 2.80. The topological polar surface area (TPSA) is 61.4 Å². The highest BCUT2D eigenvalue weighted by Crippen LogP contribution is 2.23. The molecule has 116 valence electrons. The summed E-state index contributed by atoms with van der Waals surface area (Å²) in [7, 11) is 0. The zero-order valence-corrected chi connectivity index (χ0v) is 13.3. The summed E-state index contributed by atoms with van der Waals surface area (Å²) in [6.07, 6.45) is 7.40. The van der Waals surface area contributed by atoms with Gasteiger partial charge in [0.05, 0.1) is 0 Å². The van der Waals surface area contributed by atoms with Crippen LogP contribution in [0, 0.1) is 5.92 Å². The predicted octanol–water partition coefficient (Wildman–Crippen LogP) is 3.47. The van der Waals surface area contributed by atoms with Gasteiger partial charge in [-0.2, -0.15) is 0 Å². The number of aliphatic hydroxyl groups is 1. The van der Waals surface area contributed by atoms with Crippen LogP contribution in [0.1, 0.15) is 32.1 Å². The van der Waals surface area contributed by atoms with Crippen molar-refractivity contribution in [1.82, 2.24) is 5.32 Å². The lowest BCUT2D eigenvalue weighted by Gasteiger charge is -2.24. The number of urea groups is 1. The standard InChI is InChI=1S/C16H24N2O2S/c1-21-14-9-7-13(8-10-14)17-16(20)18-15-6-4-2-3-5-12(15)11-19/h7-10,12,15,19H,2-6,11H2,1H3,(H2,17,18,20). The molecule has 0 radical (unpaired) electrons. The van der Waals surface area contributed by atoms with E-state index in [4.69, 9.17) is 0 Å². The molecule has 0 bridgehead atoms. The van der Waals surface area contributed by atoms with Crippen molar-refractivity contribution in [2.24, 2.45) is 5.92 Å². The molecule has 0 aromatic heterocycles. The average molecular weight is 308 g/mol. The fraction of sp³-hybridized carbons (Fsp3) is 0.562. The van der Waals surface area contributed by atoms with Crippen LogP contribution in [0.2, 0.25) is 0 Å². The van der Waals surface area contributed by atoms with Crippen molar-refractivity contribution in [1.29, 1.82) is 0 Å². The average Bonchev–Trinajstić information content (AvgIpc) is 2.73. The molecular formula is C16H24N2O2S. The SMILES string of the molecule is CSc1ccc(NC(=O)NC2CCCCCC2CO)cc1. The maximum Gasteiger partial charge on any atom is 0.319 e. The molecule has 1 saturated carbocycles. The molecule has 1 fully saturated rings. The van der Waals surface area contributed by atoms with E-state index in [0.717, 1.165) is 31.4 Å². The summed E-state index contributed by atoms with van der Waals surface area (Å²) in [5.74, 6) is 0.178. The van der Waals surface area contributed by atoms with Crippen molar-refractivity contribution in [3.8, 4) is 0 Å².